The third kappa shape index (κ3) is 1.03. The average molecular weight is 222 g/mol. The predicted molar refractivity (Wildman–Crippen MR) is 66.8 cm³/mol. The Morgan fingerprint density at radius 1 is 0.824 bits per heavy atom. The molecule has 0 heterocycles. The fraction of sp³-hybridized carbons (Fsp3) is 0.250. The molecule has 1 nitrogen and oxygen atoms in total. The number of rotatable bonds is 0. The van der Waals surface area contributed by atoms with Gasteiger partial charge in [0, 0.05) is 5.92 Å². The minimum atomic E-state index is -0.729. The van der Waals surface area contributed by atoms with Crippen molar-refractivity contribution in [1.29, 1.82) is 0 Å². The highest BCUT2D eigenvalue weighted by atomic mass is 16.3. The first-order chi connectivity index (χ1) is 8.30. The van der Waals surface area contributed by atoms with Gasteiger partial charge in [0.15, 0.2) is 0 Å². The zero-order valence-corrected chi connectivity index (χ0v) is 9.56. The molecular weight excluding hydrogens is 208 g/mol. The molecule has 0 atom stereocenters. The lowest BCUT2D eigenvalue weighted by Gasteiger charge is -2.25. The number of hydrogen-bond donors (Lipinski definition) is 1. The Morgan fingerprint density at radius 3 is 1.82 bits per heavy atom. The zero-order valence-electron chi connectivity index (χ0n) is 9.56. The molecule has 0 aliphatic heterocycles. The summed E-state index contributed by atoms with van der Waals surface area (Å²) >= 11 is 0. The summed E-state index contributed by atoms with van der Waals surface area (Å²) in [6, 6.07) is 16.6. The summed E-state index contributed by atoms with van der Waals surface area (Å²) in [7, 11) is 0. The lowest BCUT2D eigenvalue weighted by Crippen LogP contribution is -2.28. The second kappa shape index (κ2) is 2.99. The van der Waals surface area contributed by atoms with Crippen molar-refractivity contribution in [3.05, 3.63) is 70.8 Å². The number of benzene rings is 2. The molecule has 2 aliphatic carbocycles. The van der Waals surface area contributed by atoms with E-state index >= 15 is 0 Å². The summed E-state index contributed by atoms with van der Waals surface area (Å²) < 4.78 is 0. The van der Waals surface area contributed by atoms with Crippen molar-refractivity contribution >= 4 is 0 Å². The van der Waals surface area contributed by atoms with E-state index in [4.69, 9.17) is 0 Å². The van der Waals surface area contributed by atoms with Gasteiger partial charge < -0.3 is 5.11 Å². The van der Waals surface area contributed by atoms with Crippen LogP contribution in [0.15, 0.2) is 48.5 Å². The molecule has 4 rings (SSSR count). The molecule has 84 valence electrons. The van der Waals surface area contributed by atoms with Gasteiger partial charge in [-0.3, -0.25) is 0 Å². The molecule has 1 N–H and O–H groups in total. The fourth-order valence-corrected chi connectivity index (χ4v) is 3.62. The molecule has 2 aromatic carbocycles. The van der Waals surface area contributed by atoms with Gasteiger partial charge in [-0.2, -0.15) is 0 Å². The lowest BCUT2D eigenvalue weighted by molar-refractivity contribution is 0.0442. The highest BCUT2D eigenvalue weighted by molar-refractivity contribution is 5.53. The van der Waals surface area contributed by atoms with Crippen LogP contribution in [-0.4, -0.2) is 5.11 Å². The van der Waals surface area contributed by atoms with E-state index in [1.165, 1.54) is 11.1 Å². The van der Waals surface area contributed by atoms with Crippen LogP contribution in [0, 0.1) is 5.92 Å². The summed E-state index contributed by atoms with van der Waals surface area (Å²) in [6.45, 7) is 0. The maximum atomic E-state index is 11.1. The first-order valence-electron chi connectivity index (χ1n) is 6.19. The monoisotopic (exact) mass is 222 g/mol. The summed E-state index contributed by atoms with van der Waals surface area (Å²) in [5, 5.41) is 11.1. The summed E-state index contributed by atoms with van der Waals surface area (Å²) in [6.07, 6.45) is 2.00. The van der Waals surface area contributed by atoms with Crippen LogP contribution in [0.4, 0.5) is 0 Å². The highest BCUT2D eigenvalue weighted by Crippen LogP contribution is 2.52. The van der Waals surface area contributed by atoms with Crippen molar-refractivity contribution in [2.45, 2.75) is 18.4 Å². The van der Waals surface area contributed by atoms with Crippen LogP contribution in [0.2, 0.25) is 0 Å². The summed E-state index contributed by atoms with van der Waals surface area (Å²) in [5.41, 5.74) is 4.14. The van der Waals surface area contributed by atoms with Gasteiger partial charge >= 0.3 is 0 Å². The molecule has 1 heteroatoms. The molecule has 0 spiro atoms. The molecule has 0 amide bonds. The normalized spacial score (nSPS) is 28.6. The largest absolute Gasteiger partial charge is 0.380 e. The van der Waals surface area contributed by atoms with Crippen LogP contribution in [0.25, 0.3) is 0 Å². The minimum absolute atomic E-state index is 0.331. The van der Waals surface area contributed by atoms with Crippen LogP contribution < -0.4 is 0 Å². The number of fused-ring (bicyclic) bond motifs is 5. The Bertz CT molecular complexity index is 550. The predicted octanol–water partition coefficient (Wildman–Crippen LogP) is 2.65. The average Bonchev–Trinajstić information content (AvgIpc) is 2.79. The number of aliphatic hydroxyl groups is 1. The Balaban J connectivity index is 2.01. The Hall–Kier alpha value is -1.60. The van der Waals surface area contributed by atoms with Crippen LogP contribution >= 0.6 is 0 Å². The molecule has 0 unspecified atom stereocenters. The van der Waals surface area contributed by atoms with Gasteiger partial charge in [0.2, 0.25) is 0 Å². The maximum Gasteiger partial charge on any atom is 0.119 e. The van der Waals surface area contributed by atoms with Crippen molar-refractivity contribution in [2.24, 2.45) is 5.92 Å². The Kier molecular flexibility index (Phi) is 1.66. The molecule has 17 heavy (non-hydrogen) atoms. The van der Waals surface area contributed by atoms with E-state index in [0.29, 0.717) is 5.92 Å². The van der Waals surface area contributed by atoms with Crippen LogP contribution in [-0.2, 0) is 18.4 Å². The lowest BCUT2D eigenvalue weighted by atomic mass is 9.87. The SMILES string of the molecule is OC12c3ccccc3CC1Cc1ccccc12. The van der Waals surface area contributed by atoms with E-state index in [1.54, 1.807) is 0 Å². The van der Waals surface area contributed by atoms with Crippen LogP contribution in [0.5, 0.6) is 0 Å². The van der Waals surface area contributed by atoms with Crippen molar-refractivity contribution in [1.82, 2.24) is 0 Å². The van der Waals surface area contributed by atoms with Gasteiger partial charge in [0.25, 0.3) is 0 Å². The fourth-order valence-electron chi connectivity index (χ4n) is 3.62. The quantitative estimate of drug-likeness (QED) is 0.726. The smallest absolute Gasteiger partial charge is 0.119 e. The van der Waals surface area contributed by atoms with Gasteiger partial charge in [0.05, 0.1) is 0 Å². The van der Waals surface area contributed by atoms with E-state index in [0.717, 1.165) is 24.0 Å². The molecule has 0 saturated heterocycles. The summed E-state index contributed by atoms with van der Waals surface area (Å²) in [4.78, 5) is 0. The minimum Gasteiger partial charge on any atom is -0.380 e. The van der Waals surface area contributed by atoms with E-state index in [9.17, 15) is 5.11 Å². The third-order valence-corrected chi connectivity index (χ3v) is 4.38. The van der Waals surface area contributed by atoms with Gasteiger partial charge in [-0.1, -0.05) is 48.5 Å². The van der Waals surface area contributed by atoms with Crippen molar-refractivity contribution < 1.29 is 5.11 Å². The van der Waals surface area contributed by atoms with Gasteiger partial charge in [-0.15, -0.1) is 0 Å². The van der Waals surface area contributed by atoms with Crippen LogP contribution in [0.3, 0.4) is 0 Å². The Labute approximate surface area is 101 Å². The van der Waals surface area contributed by atoms with Gasteiger partial charge in [0.1, 0.15) is 5.60 Å². The molecular formula is C16H14O. The molecule has 2 aliphatic rings. The number of hydrogen-bond acceptors (Lipinski definition) is 1. The highest BCUT2D eigenvalue weighted by Gasteiger charge is 2.51. The first-order valence-corrected chi connectivity index (χ1v) is 6.19. The zero-order chi connectivity index (χ0) is 11.5. The van der Waals surface area contributed by atoms with Crippen LogP contribution in [0.1, 0.15) is 22.3 Å². The van der Waals surface area contributed by atoms with Gasteiger partial charge in [-0.05, 0) is 35.1 Å². The standard InChI is InChI=1S/C16H14O/c17-16-13(9-11-5-1-3-7-14(11)16)10-12-6-2-4-8-15(12)16/h1-8,13,17H,9-10H2. The van der Waals surface area contributed by atoms with E-state index in [-0.39, 0.29) is 0 Å². The molecule has 0 bridgehead atoms. The molecule has 2 aromatic rings. The summed E-state index contributed by atoms with van der Waals surface area (Å²) in [5.74, 6) is 0.331. The van der Waals surface area contributed by atoms with E-state index < -0.39 is 5.60 Å². The molecule has 0 saturated carbocycles. The Morgan fingerprint density at radius 2 is 1.29 bits per heavy atom. The van der Waals surface area contributed by atoms with Crippen molar-refractivity contribution in [3.63, 3.8) is 0 Å². The third-order valence-electron chi connectivity index (χ3n) is 4.38. The second-order valence-corrected chi connectivity index (χ2v) is 5.19. The van der Waals surface area contributed by atoms with Crippen molar-refractivity contribution in [3.8, 4) is 0 Å². The van der Waals surface area contributed by atoms with Crippen molar-refractivity contribution in [2.75, 3.05) is 0 Å². The van der Waals surface area contributed by atoms with E-state index in [2.05, 4.69) is 36.4 Å². The van der Waals surface area contributed by atoms with Gasteiger partial charge in [-0.25, -0.2) is 0 Å². The molecule has 0 aromatic heterocycles. The second-order valence-electron chi connectivity index (χ2n) is 5.19. The molecule has 0 fully saturated rings. The first kappa shape index (κ1) is 9.43. The topological polar surface area (TPSA) is 20.2 Å². The maximum absolute atomic E-state index is 11.1. The molecule has 0 radical (unpaired) electrons. The van der Waals surface area contributed by atoms with E-state index in [1.807, 2.05) is 12.1 Å².